The maximum absolute atomic E-state index is 11.2. The van der Waals surface area contributed by atoms with E-state index in [9.17, 15) is 9.90 Å². The highest BCUT2D eigenvalue weighted by molar-refractivity contribution is 6.01. The Morgan fingerprint density at radius 2 is 2.22 bits per heavy atom. The molecule has 3 rings (SSSR count). The number of carboxylic acids is 1. The van der Waals surface area contributed by atoms with Gasteiger partial charge in [-0.05, 0) is 17.7 Å². The molecule has 1 aromatic carbocycles. The van der Waals surface area contributed by atoms with Crippen LogP contribution in [0.2, 0.25) is 0 Å². The maximum Gasteiger partial charge on any atom is 0.337 e. The van der Waals surface area contributed by atoms with Gasteiger partial charge < -0.3 is 25.9 Å². The monoisotopic (exact) mass is 312 g/mol. The number of rotatable bonds is 5. The Hall–Kier alpha value is -3.06. The molecule has 23 heavy (non-hydrogen) atoms. The molecule has 0 saturated heterocycles. The molecule has 0 radical (unpaired) electrons. The lowest BCUT2D eigenvalue weighted by molar-refractivity contribution is 0.0699. The van der Waals surface area contributed by atoms with Gasteiger partial charge in [-0.25, -0.2) is 4.79 Å². The van der Waals surface area contributed by atoms with Gasteiger partial charge in [-0.3, -0.25) is 4.98 Å². The van der Waals surface area contributed by atoms with E-state index in [0.717, 1.165) is 11.3 Å². The van der Waals surface area contributed by atoms with E-state index in [0.29, 0.717) is 29.2 Å². The van der Waals surface area contributed by atoms with Crippen LogP contribution in [0.15, 0.2) is 36.5 Å². The summed E-state index contributed by atoms with van der Waals surface area (Å²) in [5, 5.41) is 12.3. The van der Waals surface area contributed by atoms with Crippen molar-refractivity contribution in [3.63, 3.8) is 0 Å². The Morgan fingerprint density at radius 3 is 2.91 bits per heavy atom. The molecule has 0 atom stereocenters. The number of ether oxygens (including phenoxy) is 1. The van der Waals surface area contributed by atoms with E-state index in [1.807, 2.05) is 19.2 Å². The number of fused-ring (bicyclic) bond motifs is 1. The van der Waals surface area contributed by atoms with Gasteiger partial charge in [0, 0.05) is 37.6 Å². The summed E-state index contributed by atoms with van der Waals surface area (Å²) >= 11 is 0. The number of H-pyrrole nitrogens is 1. The third-order valence-corrected chi connectivity index (χ3v) is 3.53. The van der Waals surface area contributed by atoms with Crippen LogP contribution in [-0.4, -0.2) is 28.1 Å². The molecule has 0 saturated carbocycles. The summed E-state index contributed by atoms with van der Waals surface area (Å²) in [6, 6.07) is 8.63. The van der Waals surface area contributed by atoms with Crippen molar-refractivity contribution in [2.75, 3.05) is 12.4 Å². The van der Waals surface area contributed by atoms with Gasteiger partial charge >= 0.3 is 5.97 Å². The van der Waals surface area contributed by atoms with Crippen molar-refractivity contribution >= 4 is 22.7 Å². The van der Waals surface area contributed by atoms with Gasteiger partial charge in [-0.1, -0.05) is 6.07 Å². The Labute approximate surface area is 132 Å². The van der Waals surface area contributed by atoms with E-state index in [4.69, 9.17) is 10.5 Å². The molecule has 7 heteroatoms. The molecule has 0 bridgehead atoms. The minimum Gasteiger partial charge on any atom is -0.478 e. The lowest BCUT2D eigenvalue weighted by Gasteiger charge is -2.10. The number of nitrogens with zero attached hydrogens (tertiary/aromatic N) is 1. The second kappa shape index (κ2) is 5.98. The lowest BCUT2D eigenvalue weighted by Crippen LogP contribution is -2.02. The molecule has 0 spiro atoms. The van der Waals surface area contributed by atoms with E-state index < -0.39 is 5.97 Å². The first-order valence-corrected chi connectivity index (χ1v) is 7.02. The molecule has 2 aromatic heterocycles. The van der Waals surface area contributed by atoms with Crippen LogP contribution in [0.3, 0.4) is 0 Å². The Morgan fingerprint density at radius 1 is 1.39 bits per heavy atom. The zero-order valence-electron chi connectivity index (χ0n) is 12.5. The van der Waals surface area contributed by atoms with E-state index >= 15 is 0 Å². The molecule has 5 N–H and O–H groups in total. The third-order valence-electron chi connectivity index (χ3n) is 3.53. The highest BCUT2D eigenvalue weighted by Gasteiger charge is 2.13. The van der Waals surface area contributed by atoms with Crippen molar-refractivity contribution in [1.29, 1.82) is 0 Å². The molecular formula is C16H16N4O3. The average molecular weight is 312 g/mol. The largest absolute Gasteiger partial charge is 0.478 e. The van der Waals surface area contributed by atoms with Crippen LogP contribution >= 0.6 is 0 Å². The molecule has 2 heterocycles. The number of anilines is 1. The van der Waals surface area contributed by atoms with Gasteiger partial charge in [-0.15, -0.1) is 0 Å². The van der Waals surface area contributed by atoms with Crippen LogP contribution in [0, 0.1) is 0 Å². The number of aromatic nitrogens is 2. The molecule has 118 valence electrons. The van der Waals surface area contributed by atoms with Gasteiger partial charge in [-0.2, -0.15) is 0 Å². The van der Waals surface area contributed by atoms with Crippen molar-refractivity contribution in [2.24, 2.45) is 5.73 Å². The molecule has 0 aliphatic rings. The zero-order chi connectivity index (χ0) is 16.4. The number of carboxylic acid groups (broad SMARTS) is 1. The van der Waals surface area contributed by atoms with Gasteiger partial charge in [0.1, 0.15) is 5.75 Å². The summed E-state index contributed by atoms with van der Waals surface area (Å²) in [6.45, 7) is 0.425. The smallest absolute Gasteiger partial charge is 0.337 e. The molecule has 0 amide bonds. The van der Waals surface area contributed by atoms with E-state index in [2.05, 4.69) is 15.3 Å². The summed E-state index contributed by atoms with van der Waals surface area (Å²) in [6.07, 6.45) is 1.46. The van der Waals surface area contributed by atoms with Crippen molar-refractivity contribution in [3.05, 3.63) is 47.7 Å². The molecule has 7 nitrogen and oxygen atoms in total. The summed E-state index contributed by atoms with van der Waals surface area (Å²) in [4.78, 5) is 18.3. The minimum absolute atomic E-state index is 0.152. The summed E-state index contributed by atoms with van der Waals surface area (Å²) in [5.74, 6) is 0.00861. The number of benzene rings is 1. The molecule has 0 aliphatic heterocycles. The fourth-order valence-corrected chi connectivity index (χ4v) is 2.39. The fraction of sp³-hybridized carbons (Fsp3) is 0.125. The number of hydrogen-bond donors (Lipinski definition) is 4. The lowest BCUT2D eigenvalue weighted by atomic mass is 10.1. The Balaban J connectivity index is 1.96. The quantitative estimate of drug-likeness (QED) is 0.576. The summed E-state index contributed by atoms with van der Waals surface area (Å²) < 4.78 is 5.77. The van der Waals surface area contributed by atoms with Crippen LogP contribution < -0.4 is 15.8 Å². The van der Waals surface area contributed by atoms with E-state index in [1.165, 1.54) is 12.3 Å². The minimum atomic E-state index is -1.02. The Kier molecular flexibility index (Phi) is 3.86. The molecule has 0 fully saturated rings. The van der Waals surface area contributed by atoms with Crippen molar-refractivity contribution < 1.29 is 14.6 Å². The van der Waals surface area contributed by atoms with Crippen molar-refractivity contribution in [2.45, 2.75) is 6.54 Å². The van der Waals surface area contributed by atoms with Gasteiger partial charge in [0.05, 0.1) is 16.6 Å². The second-order valence-corrected chi connectivity index (χ2v) is 4.93. The van der Waals surface area contributed by atoms with E-state index in [1.54, 1.807) is 12.1 Å². The average Bonchev–Trinajstić information content (AvgIpc) is 2.96. The number of hydrogen-bond acceptors (Lipinski definition) is 5. The van der Waals surface area contributed by atoms with E-state index in [-0.39, 0.29) is 5.56 Å². The van der Waals surface area contributed by atoms with Crippen molar-refractivity contribution in [1.82, 2.24) is 9.97 Å². The number of nitrogens with two attached hydrogens (primary N) is 1. The second-order valence-electron chi connectivity index (χ2n) is 4.93. The Bertz CT molecular complexity index is 873. The standard InChI is InChI=1S/C16H16N4O3/c1-18-12-6-10(3-2-9(12)8-17)23-14-7-13-15(20-14)11(16(21)22)4-5-19-13/h2-7,18,20H,8,17H2,1H3,(H,21,22). The first-order chi connectivity index (χ1) is 11.1. The fourth-order valence-electron chi connectivity index (χ4n) is 2.39. The predicted molar refractivity (Wildman–Crippen MR) is 87.0 cm³/mol. The number of aromatic amines is 1. The van der Waals surface area contributed by atoms with Gasteiger partial charge in [0.2, 0.25) is 0 Å². The summed E-state index contributed by atoms with van der Waals surface area (Å²) in [5.41, 5.74) is 8.65. The molecule has 3 aromatic rings. The third kappa shape index (κ3) is 2.82. The molecule has 0 aliphatic carbocycles. The molecular weight excluding hydrogens is 296 g/mol. The highest BCUT2D eigenvalue weighted by atomic mass is 16.5. The van der Waals surface area contributed by atoms with Crippen LogP contribution in [0.5, 0.6) is 11.6 Å². The van der Waals surface area contributed by atoms with Crippen molar-refractivity contribution in [3.8, 4) is 11.6 Å². The van der Waals surface area contributed by atoms with Crippen LogP contribution in [0.1, 0.15) is 15.9 Å². The highest BCUT2D eigenvalue weighted by Crippen LogP contribution is 2.29. The number of pyridine rings is 1. The maximum atomic E-state index is 11.2. The van der Waals surface area contributed by atoms with Crippen LogP contribution in [-0.2, 0) is 6.54 Å². The SMILES string of the molecule is CNc1cc(Oc2cc3nccc(C(=O)O)c3[nH]2)ccc1CN. The first-order valence-electron chi connectivity index (χ1n) is 7.02. The normalized spacial score (nSPS) is 10.7. The first kappa shape index (κ1) is 14.9. The van der Waals surface area contributed by atoms with Gasteiger partial charge in [0.15, 0.2) is 5.88 Å². The van der Waals surface area contributed by atoms with Gasteiger partial charge in [0.25, 0.3) is 0 Å². The molecule has 0 unspecified atom stereocenters. The topological polar surface area (TPSA) is 113 Å². The predicted octanol–water partition coefficient (Wildman–Crippen LogP) is 2.55. The van der Waals surface area contributed by atoms with Crippen LogP contribution in [0.4, 0.5) is 5.69 Å². The number of aromatic carboxylic acids is 1. The zero-order valence-corrected chi connectivity index (χ0v) is 12.5. The summed E-state index contributed by atoms with van der Waals surface area (Å²) in [7, 11) is 1.81. The number of nitrogens with one attached hydrogen (secondary N) is 2. The van der Waals surface area contributed by atoms with Crippen LogP contribution in [0.25, 0.3) is 11.0 Å². The number of carbonyl (C=O) groups is 1.